The summed E-state index contributed by atoms with van der Waals surface area (Å²) in [7, 11) is 0. The van der Waals surface area contributed by atoms with E-state index < -0.39 is 6.61 Å². The topological polar surface area (TPSA) is 47.4 Å². The number of aromatic nitrogens is 2. The van der Waals surface area contributed by atoms with Crippen molar-refractivity contribution in [2.45, 2.75) is 51.8 Å². The summed E-state index contributed by atoms with van der Waals surface area (Å²) in [5, 5.41) is 0. The van der Waals surface area contributed by atoms with Gasteiger partial charge in [0.05, 0.1) is 0 Å². The molecule has 0 aliphatic carbocycles. The summed E-state index contributed by atoms with van der Waals surface area (Å²) in [5.41, 5.74) is 0.383. The van der Waals surface area contributed by atoms with Crippen LogP contribution in [0, 0.1) is 6.92 Å². The molecule has 1 atom stereocenters. The molecule has 1 amide bonds. The Labute approximate surface area is 151 Å². The number of ether oxygens (including phenoxy) is 1. The minimum Gasteiger partial charge on any atom is -0.435 e. The van der Waals surface area contributed by atoms with Crippen molar-refractivity contribution in [2.24, 2.45) is 0 Å². The molecule has 2 aromatic rings. The highest BCUT2D eigenvalue weighted by Gasteiger charge is 2.27. The maximum Gasteiger partial charge on any atom is 0.387 e. The number of nitrogens with zero attached hydrogens (tertiary/aromatic N) is 3. The average Bonchev–Trinajstić information content (AvgIpc) is 3.04. The zero-order chi connectivity index (χ0) is 18.5. The smallest absolute Gasteiger partial charge is 0.387 e. The van der Waals surface area contributed by atoms with Gasteiger partial charge >= 0.3 is 6.61 Å². The van der Waals surface area contributed by atoms with Gasteiger partial charge in [-0.3, -0.25) is 4.79 Å². The van der Waals surface area contributed by atoms with E-state index in [4.69, 9.17) is 0 Å². The number of alkyl halides is 2. The number of carbonyl (C=O) groups excluding carboxylic acids is 1. The number of aryl methyl sites for hydroxylation is 2. The van der Waals surface area contributed by atoms with Gasteiger partial charge in [0.1, 0.15) is 11.6 Å². The van der Waals surface area contributed by atoms with Gasteiger partial charge in [-0.15, -0.1) is 0 Å². The summed E-state index contributed by atoms with van der Waals surface area (Å²) >= 11 is 0. The SMILES string of the molecule is Cc1nccn1CCC1CCCCN1C(=O)c1cccc(OC(F)F)c1. The number of benzene rings is 1. The lowest BCUT2D eigenvalue weighted by molar-refractivity contribution is -0.0499. The molecule has 0 bridgehead atoms. The largest absolute Gasteiger partial charge is 0.435 e. The van der Waals surface area contributed by atoms with Crippen LogP contribution >= 0.6 is 0 Å². The second-order valence-corrected chi connectivity index (χ2v) is 6.51. The summed E-state index contributed by atoms with van der Waals surface area (Å²) in [5.74, 6) is 0.834. The van der Waals surface area contributed by atoms with Crippen LogP contribution in [-0.4, -0.2) is 39.6 Å². The highest BCUT2D eigenvalue weighted by molar-refractivity contribution is 5.94. The maximum absolute atomic E-state index is 12.9. The number of imidazole rings is 1. The van der Waals surface area contributed by atoms with Gasteiger partial charge in [-0.2, -0.15) is 8.78 Å². The molecule has 0 radical (unpaired) electrons. The van der Waals surface area contributed by atoms with Crippen LogP contribution in [-0.2, 0) is 6.54 Å². The Bertz CT molecular complexity index is 748. The second kappa shape index (κ2) is 8.29. The number of hydrogen-bond donors (Lipinski definition) is 0. The number of rotatable bonds is 6. The molecule has 1 aromatic carbocycles. The van der Waals surface area contributed by atoms with Crippen LogP contribution in [0.4, 0.5) is 8.78 Å². The highest BCUT2D eigenvalue weighted by Crippen LogP contribution is 2.24. The predicted octanol–water partition coefficient (Wildman–Crippen LogP) is 3.88. The first-order chi connectivity index (χ1) is 12.5. The number of piperidine rings is 1. The summed E-state index contributed by atoms with van der Waals surface area (Å²) < 4.78 is 31.3. The lowest BCUT2D eigenvalue weighted by Crippen LogP contribution is -2.44. The molecule has 3 rings (SSSR count). The van der Waals surface area contributed by atoms with Gasteiger partial charge in [-0.1, -0.05) is 6.07 Å². The van der Waals surface area contributed by atoms with Crippen LogP contribution in [0.2, 0.25) is 0 Å². The third kappa shape index (κ3) is 4.39. The van der Waals surface area contributed by atoms with Crippen molar-refractivity contribution in [1.29, 1.82) is 0 Å². The number of carbonyl (C=O) groups is 1. The van der Waals surface area contributed by atoms with Crippen LogP contribution in [0.5, 0.6) is 5.75 Å². The Morgan fingerprint density at radius 3 is 2.96 bits per heavy atom. The molecule has 1 saturated heterocycles. The van der Waals surface area contributed by atoms with Crippen molar-refractivity contribution < 1.29 is 18.3 Å². The molecule has 1 aliphatic rings. The number of likely N-dealkylation sites (tertiary alicyclic amines) is 1. The second-order valence-electron chi connectivity index (χ2n) is 6.51. The maximum atomic E-state index is 12.9. The van der Waals surface area contributed by atoms with Gasteiger partial charge in [0.2, 0.25) is 0 Å². The van der Waals surface area contributed by atoms with E-state index >= 15 is 0 Å². The molecule has 5 nitrogen and oxygen atoms in total. The third-order valence-corrected chi connectivity index (χ3v) is 4.82. The summed E-state index contributed by atoms with van der Waals surface area (Å²) in [6.45, 7) is 0.543. The van der Waals surface area contributed by atoms with E-state index in [9.17, 15) is 13.6 Å². The number of halogens is 2. The van der Waals surface area contributed by atoms with Crippen molar-refractivity contribution in [2.75, 3.05) is 6.54 Å². The monoisotopic (exact) mass is 363 g/mol. The molecule has 1 aromatic heterocycles. The van der Waals surface area contributed by atoms with Crippen molar-refractivity contribution in [3.05, 3.63) is 48.0 Å². The Morgan fingerprint density at radius 2 is 2.23 bits per heavy atom. The summed E-state index contributed by atoms with van der Waals surface area (Å²) in [6, 6.07) is 6.17. The van der Waals surface area contributed by atoms with Crippen molar-refractivity contribution in [3.63, 3.8) is 0 Å². The average molecular weight is 363 g/mol. The molecule has 26 heavy (non-hydrogen) atoms. The number of amides is 1. The van der Waals surface area contributed by atoms with E-state index in [1.807, 2.05) is 18.0 Å². The standard InChI is InChI=1S/C19H23F2N3O2/c1-14-22-9-12-23(14)11-8-16-6-2-3-10-24(16)18(25)15-5-4-7-17(13-15)26-19(20)21/h4-5,7,9,12-13,16,19H,2-3,6,8,10-11H2,1H3. The molecule has 0 N–H and O–H groups in total. The fourth-order valence-electron chi connectivity index (χ4n) is 3.47. The fraction of sp³-hybridized carbons (Fsp3) is 0.474. The lowest BCUT2D eigenvalue weighted by atomic mass is 9.98. The van der Waals surface area contributed by atoms with Gasteiger partial charge < -0.3 is 14.2 Å². The third-order valence-electron chi connectivity index (χ3n) is 4.82. The lowest BCUT2D eigenvalue weighted by Gasteiger charge is -2.36. The summed E-state index contributed by atoms with van der Waals surface area (Å²) in [6.07, 6.45) is 7.55. The van der Waals surface area contributed by atoms with Crippen LogP contribution in [0.1, 0.15) is 41.9 Å². The van der Waals surface area contributed by atoms with Gasteiger partial charge in [0.15, 0.2) is 0 Å². The van der Waals surface area contributed by atoms with E-state index in [2.05, 4.69) is 14.3 Å². The van der Waals surface area contributed by atoms with Gasteiger partial charge in [-0.25, -0.2) is 4.98 Å². The van der Waals surface area contributed by atoms with Crippen molar-refractivity contribution >= 4 is 5.91 Å². The van der Waals surface area contributed by atoms with Crippen LogP contribution in [0.3, 0.4) is 0 Å². The van der Waals surface area contributed by atoms with Crippen LogP contribution < -0.4 is 4.74 Å². The molecule has 0 saturated carbocycles. The highest BCUT2D eigenvalue weighted by atomic mass is 19.3. The Morgan fingerprint density at radius 1 is 1.38 bits per heavy atom. The first-order valence-electron chi connectivity index (χ1n) is 8.88. The Balaban J connectivity index is 1.70. The van der Waals surface area contributed by atoms with E-state index in [-0.39, 0.29) is 17.7 Å². The van der Waals surface area contributed by atoms with Gasteiger partial charge in [-0.05, 0) is 50.8 Å². The zero-order valence-electron chi connectivity index (χ0n) is 14.8. The quantitative estimate of drug-likeness (QED) is 0.783. The first-order valence-corrected chi connectivity index (χ1v) is 8.88. The fourth-order valence-corrected chi connectivity index (χ4v) is 3.47. The Hall–Kier alpha value is -2.44. The molecule has 1 aliphatic heterocycles. The van der Waals surface area contributed by atoms with E-state index in [1.165, 1.54) is 12.1 Å². The van der Waals surface area contributed by atoms with Crippen LogP contribution in [0.15, 0.2) is 36.7 Å². The molecular formula is C19H23F2N3O2. The number of hydrogen-bond acceptors (Lipinski definition) is 3. The van der Waals surface area contributed by atoms with E-state index in [1.54, 1.807) is 18.3 Å². The molecule has 140 valence electrons. The summed E-state index contributed by atoms with van der Waals surface area (Å²) in [4.78, 5) is 19.0. The minimum atomic E-state index is -2.90. The normalized spacial score (nSPS) is 17.5. The molecule has 7 heteroatoms. The molecule has 1 unspecified atom stereocenters. The molecule has 0 spiro atoms. The van der Waals surface area contributed by atoms with Crippen LogP contribution in [0.25, 0.3) is 0 Å². The van der Waals surface area contributed by atoms with Gasteiger partial charge in [0.25, 0.3) is 5.91 Å². The van der Waals surface area contributed by atoms with E-state index in [0.29, 0.717) is 12.1 Å². The predicted molar refractivity (Wildman–Crippen MR) is 93.3 cm³/mol. The van der Waals surface area contributed by atoms with Crippen molar-refractivity contribution in [1.82, 2.24) is 14.5 Å². The molecular weight excluding hydrogens is 340 g/mol. The minimum absolute atomic E-state index is 0.00782. The zero-order valence-corrected chi connectivity index (χ0v) is 14.8. The molecule has 1 fully saturated rings. The van der Waals surface area contributed by atoms with Gasteiger partial charge in [0, 0.05) is 37.1 Å². The van der Waals surface area contributed by atoms with E-state index in [0.717, 1.165) is 38.1 Å². The van der Waals surface area contributed by atoms with Crippen molar-refractivity contribution in [3.8, 4) is 5.75 Å². The first kappa shape index (κ1) is 18.4. The molecule has 2 heterocycles. The Kier molecular flexibility index (Phi) is 5.85.